The molecule has 0 aliphatic carbocycles. The van der Waals surface area contributed by atoms with E-state index in [4.69, 9.17) is 9.84 Å². The topological polar surface area (TPSA) is 78.9 Å². The normalized spacial score (nSPS) is 15.6. The third kappa shape index (κ3) is 3.23. The Kier molecular flexibility index (Phi) is 4.01. The van der Waals surface area contributed by atoms with Gasteiger partial charge in [-0.25, -0.2) is 0 Å². The minimum atomic E-state index is -0.804. The van der Waals surface area contributed by atoms with Gasteiger partial charge in [0.25, 0.3) is 0 Å². The fourth-order valence-corrected chi connectivity index (χ4v) is 2.00. The summed E-state index contributed by atoms with van der Waals surface area (Å²) in [4.78, 5) is 24.2. The predicted molar refractivity (Wildman–Crippen MR) is 69.2 cm³/mol. The number of aliphatic carboxylic acids is 1. The molecule has 1 saturated heterocycles. The number of hydrogen-bond acceptors (Lipinski definition) is 4. The van der Waals surface area contributed by atoms with E-state index in [-0.39, 0.29) is 18.4 Å². The molecule has 0 spiro atoms. The maximum atomic E-state index is 11.8. The van der Waals surface area contributed by atoms with Gasteiger partial charge in [-0.05, 0) is 12.1 Å². The van der Waals surface area contributed by atoms with Crippen LogP contribution in [0.3, 0.4) is 0 Å². The van der Waals surface area contributed by atoms with E-state index in [1.54, 1.807) is 17.0 Å². The fourth-order valence-electron chi connectivity index (χ4n) is 2.00. The molecule has 1 amide bonds. The van der Waals surface area contributed by atoms with Crippen LogP contribution in [0.5, 0.6) is 5.75 Å². The predicted octanol–water partition coefficient (Wildman–Crippen LogP) is 0.650. The molecule has 1 aliphatic rings. The van der Waals surface area contributed by atoms with Gasteiger partial charge >= 0.3 is 5.97 Å². The molecule has 2 rings (SSSR count). The number of carbonyl (C=O) groups is 2. The molecule has 0 atom stereocenters. The zero-order chi connectivity index (χ0) is 13.8. The summed E-state index contributed by atoms with van der Waals surface area (Å²) >= 11 is 0. The van der Waals surface area contributed by atoms with Crippen molar-refractivity contribution in [2.24, 2.45) is 5.92 Å². The maximum absolute atomic E-state index is 11.8. The summed E-state index contributed by atoms with van der Waals surface area (Å²) in [5.74, 6) is -0.725. The van der Waals surface area contributed by atoms with Gasteiger partial charge in [-0.1, -0.05) is 12.1 Å². The van der Waals surface area contributed by atoms with Gasteiger partial charge in [0.1, 0.15) is 5.75 Å². The van der Waals surface area contributed by atoms with Crippen LogP contribution >= 0.6 is 0 Å². The van der Waals surface area contributed by atoms with Crippen molar-refractivity contribution in [3.8, 4) is 5.75 Å². The number of rotatable bonds is 5. The van der Waals surface area contributed by atoms with Crippen LogP contribution in [0.15, 0.2) is 24.3 Å². The zero-order valence-electron chi connectivity index (χ0n) is 10.6. The summed E-state index contributed by atoms with van der Waals surface area (Å²) in [5.41, 5.74) is 0.616. The van der Waals surface area contributed by atoms with E-state index < -0.39 is 5.97 Å². The summed E-state index contributed by atoms with van der Waals surface area (Å²) < 4.78 is 5.13. The lowest BCUT2D eigenvalue weighted by Crippen LogP contribution is -2.52. The van der Waals surface area contributed by atoms with Crippen LogP contribution in [0.4, 0.5) is 5.69 Å². The van der Waals surface area contributed by atoms with E-state index >= 15 is 0 Å². The van der Waals surface area contributed by atoms with Gasteiger partial charge in [0.15, 0.2) is 0 Å². The van der Waals surface area contributed by atoms with Gasteiger partial charge in [-0.2, -0.15) is 0 Å². The van der Waals surface area contributed by atoms with Crippen molar-refractivity contribution in [2.45, 2.75) is 0 Å². The molecule has 19 heavy (non-hydrogen) atoms. The number of carboxylic acid groups (broad SMARTS) is 1. The average molecular weight is 264 g/mol. The zero-order valence-corrected chi connectivity index (χ0v) is 10.6. The molecule has 1 aromatic carbocycles. The van der Waals surface area contributed by atoms with E-state index in [1.165, 1.54) is 7.11 Å². The lowest BCUT2D eigenvalue weighted by molar-refractivity contribution is -0.148. The Morgan fingerprint density at radius 3 is 2.74 bits per heavy atom. The number of methoxy groups -OCH3 is 1. The molecule has 1 aromatic rings. The number of anilines is 1. The first-order valence-electron chi connectivity index (χ1n) is 5.98. The summed E-state index contributed by atoms with van der Waals surface area (Å²) in [6, 6.07) is 7.15. The Bertz CT molecular complexity index is 483. The minimum absolute atomic E-state index is 0.173. The Morgan fingerprint density at radius 2 is 2.11 bits per heavy atom. The SMILES string of the molecule is COc1ccccc1NC(=O)CN1CC(C(=O)O)C1. The Hall–Kier alpha value is -2.08. The molecule has 102 valence electrons. The van der Waals surface area contributed by atoms with Crippen molar-refractivity contribution in [1.82, 2.24) is 4.90 Å². The van der Waals surface area contributed by atoms with Crippen LogP contribution in [0.2, 0.25) is 0 Å². The first-order chi connectivity index (χ1) is 9.10. The van der Waals surface area contributed by atoms with Crippen LogP contribution in [-0.2, 0) is 9.59 Å². The number of carbonyl (C=O) groups excluding carboxylic acids is 1. The van der Waals surface area contributed by atoms with Crippen LogP contribution < -0.4 is 10.1 Å². The lowest BCUT2D eigenvalue weighted by Gasteiger charge is -2.35. The van der Waals surface area contributed by atoms with E-state index in [0.29, 0.717) is 24.5 Å². The second-order valence-electron chi connectivity index (χ2n) is 4.48. The van der Waals surface area contributed by atoms with Gasteiger partial charge in [0, 0.05) is 13.1 Å². The average Bonchev–Trinajstić information content (AvgIpc) is 2.33. The third-order valence-electron chi connectivity index (χ3n) is 3.05. The van der Waals surface area contributed by atoms with Gasteiger partial charge in [-0.15, -0.1) is 0 Å². The Balaban J connectivity index is 1.84. The molecular weight excluding hydrogens is 248 g/mol. The second-order valence-corrected chi connectivity index (χ2v) is 4.48. The molecule has 0 radical (unpaired) electrons. The molecule has 6 heteroatoms. The molecule has 2 N–H and O–H groups in total. The first-order valence-corrected chi connectivity index (χ1v) is 5.98. The van der Waals surface area contributed by atoms with Crippen LogP contribution in [0.25, 0.3) is 0 Å². The van der Waals surface area contributed by atoms with Crippen molar-refractivity contribution < 1.29 is 19.4 Å². The number of amides is 1. The second kappa shape index (κ2) is 5.71. The van der Waals surface area contributed by atoms with Crippen molar-refractivity contribution in [2.75, 3.05) is 32.1 Å². The molecule has 6 nitrogen and oxygen atoms in total. The van der Waals surface area contributed by atoms with Gasteiger partial charge in [-0.3, -0.25) is 14.5 Å². The summed E-state index contributed by atoms with van der Waals surface area (Å²) in [6.07, 6.45) is 0. The number of carboxylic acids is 1. The van der Waals surface area contributed by atoms with Gasteiger partial charge in [0.2, 0.25) is 5.91 Å². The molecule has 0 saturated carbocycles. The summed E-state index contributed by atoms with van der Waals surface area (Å²) in [5, 5.41) is 11.5. The first kappa shape index (κ1) is 13.4. The Morgan fingerprint density at radius 1 is 1.42 bits per heavy atom. The highest BCUT2D eigenvalue weighted by Crippen LogP contribution is 2.23. The molecular formula is C13H16N2O4. The number of nitrogens with one attached hydrogen (secondary N) is 1. The van der Waals surface area contributed by atoms with Crippen LogP contribution in [0.1, 0.15) is 0 Å². The number of hydrogen-bond donors (Lipinski definition) is 2. The van der Waals surface area contributed by atoms with Crippen LogP contribution in [-0.4, -0.2) is 48.6 Å². The van der Waals surface area contributed by atoms with Crippen molar-refractivity contribution in [3.05, 3.63) is 24.3 Å². The van der Waals surface area contributed by atoms with E-state index in [2.05, 4.69) is 5.32 Å². The Labute approximate surface area is 111 Å². The quantitative estimate of drug-likeness (QED) is 0.816. The standard InChI is InChI=1S/C13H16N2O4/c1-19-11-5-3-2-4-10(11)14-12(16)8-15-6-9(7-15)13(17)18/h2-5,9H,6-8H2,1H3,(H,14,16)(H,17,18). The van der Waals surface area contributed by atoms with Gasteiger partial charge < -0.3 is 15.2 Å². The summed E-state index contributed by atoms with van der Waals surface area (Å²) in [7, 11) is 1.54. The lowest BCUT2D eigenvalue weighted by atomic mass is 10.0. The molecule has 1 heterocycles. The fraction of sp³-hybridized carbons (Fsp3) is 0.385. The molecule has 1 aliphatic heterocycles. The number of para-hydroxylation sites is 2. The van der Waals surface area contributed by atoms with E-state index in [0.717, 1.165) is 0 Å². The summed E-state index contributed by atoms with van der Waals surface area (Å²) in [6.45, 7) is 1.05. The van der Waals surface area contributed by atoms with E-state index in [9.17, 15) is 9.59 Å². The van der Waals surface area contributed by atoms with Crippen molar-refractivity contribution in [1.29, 1.82) is 0 Å². The van der Waals surface area contributed by atoms with Crippen LogP contribution in [0, 0.1) is 5.92 Å². The monoisotopic (exact) mass is 264 g/mol. The molecule has 0 aromatic heterocycles. The van der Waals surface area contributed by atoms with Crippen molar-refractivity contribution >= 4 is 17.6 Å². The van der Waals surface area contributed by atoms with E-state index in [1.807, 2.05) is 12.1 Å². The largest absolute Gasteiger partial charge is 0.495 e. The number of nitrogens with zero attached hydrogens (tertiary/aromatic N) is 1. The number of ether oxygens (including phenoxy) is 1. The highest BCUT2D eigenvalue weighted by Gasteiger charge is 2.33. The number of benzene rings is 1. The highest BCUT2D eigenvalue weighted by atomic mass is 16.5. The number of likely N-dealkylation sites (tertiary alicyclic amines) is 1. The molecule has 1 fully saturated rings. The third-order valence-corrected chi connectivity index (χ3v) is 3.05. The van der Waals surface area contributed by atoms with Gasteiger partial charge in [0.05, 0.1) is 25.3 Å². The molecule has 0 unspecified atom stereocenters. The van der Waals surface area contributed by atoms with Crippen molar-refractivity contribution in [3.63, 3.8) is 0 Å². The molecule has 0 bridgehead atoms. The highest BCUT2D eigenvalue weighted by molar-refractivity contribution is 5.93. The minimum Gasteiger partial charge on any atom is -0.495 e. The smallest absolute Gasteiger partial charge is 0.309 e. The maximum Gasteiger partial charge on any atom is 0.309 e.